The van der Waals surface area contributed by atoms with Crippen LogP contribution in [-0.2, 0) is 29.0 Å². The summed E-state index contributed by atoms with van der Waals surface area (Å²) in [6.07, 6.45) is 1.28. The first-order valence-electron chi connectivity index (χ1n) is 17.8. The predicted octanol–water partition coefficient (Wildman–Crippen LogP) is 8.13. The predicted molar refractivity (Wildman–Crippen MR) is 199 cm³/mol. The third-order valence-electron chi connectivity index (χ3n) is 11.5. The first kappa shape index (κ1) is 30.8. The van der Waals surface area contributed by atoms with Crippen LogP contribution in [0, 0.1) is 0 Å². The van der Waals surface area contributed by atoms with Crippen LogP contribution in [0.2, 0.25) is 0 Å². The van der Waals surface area contributed by atoms with E-state index in [2.05, 4.69) is 57.7 Å². The zero-order chi connectivity index (χ0) is 35.2. The maximum atomic E-state index is 14.7. The molecule has 1 aliphatic carbocycles. The summed E-state index contributed by atoms with van der Waals surface area (Å²) >= 11 is 0. The van der Waals surface area contributed by atoms with E-state index in [1.54, 1.807) is 21.3 Å². The molecule has 3 atom stereocenters. The lowest BCUT2D eigenvalue weighted by Crippen LogP contribution is -2.26. The van der Waals surface area contributed by atoms with Gasteiger partial charge in [-0.2, -0.15) is 0 Å². The van der Waals surface area contributed by atoms with Crippen LogP contribution >= 0.6 is 0 Å². The molecule has 1 fully saturated rings. The van der Waals surface area contributed by atoms with Gasteiger partial charge in [-0.15, -0.1) is 0 Å². The molecule has 7 aromatic rings. The fourth-order valence-electron chi connectivity index (χ4n) is 9.37. The molecule has 0 unspecified atom stereocenters. The van der Waals surface area contributed by atoms with Crippen molar-refractivity contribution in [3.05, 3.63) is 113 Å². The number of ether oxygens (including phenoxy) is 4. The number of esters is 1. The van der Waals surface area contributed by atoms with Gasteiger partial charge < -0.3 is 33.0 Å². The van der Waals surface area contributed by atoms with Crippen LogP contribution < -0.4 is 14.2 Å². The molecule has 2 bridgehead atoms. The number of rotatable bonds is 8. The van der Waals surface area contributed by atoms with Crippen LogP contribution in [-0.4, -0.2) is 53.3 Å². The van der Waals surface area contributed by atoms with Crippen molar-refractivity contribution >= 4 is 55.5 Å². The molecule has 260 valence electrons. The monoisotopic (exact) mass is 691 g/mol. The summed E-state index contributed by atoms with van der Waals surface area (Å²) in [5.74, 6) is 1.74. The zero-order valence-corrected chi connectivity index (χ0v) is 29.2. The molecule has 4 heterocycles. The Balaban J connectivity index is 1.13. The van der Waals surface area contributed by atoms with Crippen molar-refractivity contribution in [2.24, 2.45) is 0 Å². The van der Waals surface area contributed by atoms with Crippen LogP contribution in [0.1, 0.15) is 52.0 Å². The second kappa shape index (κ2) is 11.5. The number of fused-ring (bicyclic) bond motifs is 13. The van der Waals surface area contributed by atoms with Gasteiger partial charge in [0.05, 0.1) is 50.4 Å². The first-order chi connectivity index (χ1) is 25.5. The van der Waals surface area contributed by atoms with Gasteiger partial charge >= 0.3 is 5.97 Å². The number of benzene rings is 5. The third-order valence-corrected chi connectivity index (χ3v) is 11.5. The fourth-order valence-corrected chi connectivity index (χ4v) is 9.37. The quantitative estimate of drug-likeness (QED) is 0.150. The number of amides is 1. The SMILES string of the molecule is COc1ccc(CN2Cc3c(c4c5ccccc5n5c4c4c3c3ccccc3n4[C@H]3C[C@H](OC(=O)Cc4ccc(OC)c(OC)c4)[C@@H]5C3)C2=O)cc1. The van der Waals surface area contributed by atoms with E-state index in [1.165, 1.54) is 5.52 Å². The molecule has 9 nitrogen and oxygen atoms in total. The van der Waals surface area contributed by atoms with Gasteiger partial charge in [0, 0.05) is 58.1 Å². The van der Waals surface area contributed by atoms with Gasteiger partial charge in [-0.1, -0.05) is 54.6 Å². The molecule has 1 saturated carbocycles. The Bertz CT molecular complexity index is 2620. The molecule has 2 aliphatic heterocycles. The maximum Gasteiger partial charge on any atom is 0.310 e. The van der Waals surface area contributed by atoms with Crippen molar-refractivity contribution in [2.45, 2.75) is 50.5 Å². The van der Waals surface area contributed by atoms with Gasteiger partial charge in [0.25, 0.3) is 5.91 Å². The molecule has 52 heavy (non-hydrogen) atoms. The lowest BCUT2D eigenvalue weighted by Gasteiger charge is -2.24. The summed E-state index contributed by atoms with van der Waals surface area (Å²) in [6.45, 7) is 1.03. The Morgan fingerprint density at radius 2 is 1.40 bits per heavy atom. The van der Waals surface area contributed by atoms with Crippen LogP contribution in [0.5, 0.6) is 17.2 Å². The zero-order valence-electron chi connectivity index (χ0n) is 29.2. The van der Waals surface area contributed by atoms with Crippen molar-refractivity contribution in [2.75, 3.05) is 21.3 Å². The standard InChI is InChI=1S/C43H37N3O6/c1-49-27-15-12-24(13-16-27)22-44-23-30-38-28-8-4-6-10-31(28)45-26-20-33(35(21-26)52-37(47)19-25-14-17-34(50-2)36(18-25)51-3)46-32-11-7-5-9-29(32)39(40(30)43(44)48)42(46)41(38)45/h4-18,26,33,35H,19-23H2,1-3H3/t26-,33+,35+/m1/s1. The number of methoxy groups -OCH3 is 3. The Morgan fingerprint density at radius 3 is 2.13 bits per heavy atom. The van der Waals surface area contributed by atoms with E-state index in [0.717, 1.165) is 72.5 Å². The minimum absolute atomic E-state index is 0.0414. The van der Waals surface area contributed by atoms with Crippen molar-refractivity contribution in [1.82, 2.24) is 14.0 Å². The topological polar surface area (TPSA) is 84.2 Å². The van der Waals surface area contributed by atoms with Gasteiger partial charge in [-0.3, -0.25) is 9.59 Å². The number of nitrogens with zero attached hydrogens (tertiary/aromatic N) is 3. The van der Waals surface area contributed by atoms with Crippen LogP contribution in [0.15, 0.2) is 91.0 Å². The molecule has 5 aromatic carbocycles. The minimum Gasteiger partial charge on any atom is -0.497 e. The smallest absolute Gasteiger partial charge is 0.310 e. The number of hydrogen-bond acceptors (Lipinski definition) is 6. The van der Waals surface area contributed by atoms with Crippen LogP contribution in [0.25, 0.3) is 43.6 Å². The molecule has 0 N–H and O–H groups in total. The second-order valence-electron chi connectivity index (χ2n) is 14.2. The van der Waals surface area contributed by atoms with Gasteiger partial charge in [0.2, 0.25) is 0 Å². The summed E-state index contributed by atoms with van der Waals surface area (Å²) in [7, 11) is 4.84. The number of carbonyl (C=O) groups is 2. The van der Waals surface area contributed by atoms with E-state index in [1.807, 2.05) is 47.4 Å². The molecule has 9 heteroatoms. The third kappa shape index (κ3) is 4.34. The number of para-hydroxylation sites is 2. The van der Waals surface area contributed by atoms with Crippen molar-refractivity contribution < 1.29 is 28.5 Å². The number of carbonyl (C=O) groups excluding carboxylic acids is 2. The molecule has 0 spiro atoms. The minimum atomic E-state index is -0.350. The van der Waals surface area contributed by atoms with E-state index in [0.29, 0.717) is 31.0 Å². The van der Waals surface area contributed by atoms with E-state index in [-0.39, 0.29) is 36.5 Å². The van der Waals surface area contributed by atoms with Crippen molar-refractivity contribution in [1.29, 1.82) is 0 Å². The number of hydrogen-bond donors (Lipinski definition) is 0. The first-order valence-corrected chi connectivity index (χ1v) is 17.8. The average molecular weight is 692 g/mol. The molecular weight excluding hydrogens is 654 g/mol. The normalized spacial score (nSPS) is 18.9. The van der Waals surface area contributed by atoms with Gasteiger partial charge in [0.1, 0.15) is 11.9 Å². The van der Waals surface area contributed by atoms with E-state index in [9.17, 15) is 9.59 Å². The Kier molecular flexibility index (Phi) is 6.84. The highest BCUT2D eigenvalue weighted by Crippen LogP contribution is 2.55. The highest BCUT2D eigenvalue weighted by Gasteiger charge is 2.46. The van der Waals surface area contributed by atoms with Gasteiger partial charge in [-0.05, 0) is 59.5 Å². The van der Waals surface area contributed by atoms with Crippen molar-refractivity contribution in [3.63, 3.8) is 0 Å². The molecule has 0 radical (unpaired) electrons. The summed E-state index contributed by atoms with van der Waals surface area (Å²) in [5, 5.41) is 4.35. The van der Waals surface area contributed by atoms with E-state index in [4.69, 9.17) is 18.9 Å². The molecule has 1 amide bonds. The van der Waals surface area contributed by atoms with Crippen molar-refractivity contribution in [3.8, 4) is 17.2 Å². The van der Waals surface area contributed by atoms with Gasteiger partial charge in [-0.25, -0.2) is 0 Å². The summed E-state index contributed by atoms with van der Waals surface area (Å²) < 4.78 is 27.6. The Labute approximate surface area is 299 Å². The summed E-state index contributed by atoms with van der Waals surface area (Å²) in [5.41, 5.74) is 8.16. The van der Waals surface area contributed by atoms with E-state index < -0.39 is 0 Å². The summed E-state index contributed by atoms with van der Waals surface area (Å²) in [4.78, 5) is 30.4. The molecule has 10 rings (SSSR count). The fraction of sp³-hybridized carbons (Fsp3) is 0.256. The Morgan fingerprint density at radius 1 is 0.731 bits per heavy atom. The van der Waals surface area contributed by atoms with Crippen LogP contribution in [0.4, 0.5) is 0 Å². The summed E-state index contributed by atoms with van der Waals surface area (Å²) in [6, 6.07) is 30.4. The van der Waals surface area contributed by atoms with E-state index >= 15 is 0 Å². The Hall–Kier alpha value is -5.96. The largest absolute Gasteiger partial charge is 0.497 e. The van der Waals surface area contributed by atoms with Crippen LogP contribution in [0.3, 0.4) is 0 Å². The molecule has 0 saturated heterocycles. The molecule has 3 aliphatic rings. The average Bonchev–Trinajstić information content (AvgIpc) is 3.88. The van der Waals surface area contributed by atoms with Gasteiger partial charge in [0.15, 0.2) is 11.5 Å². The lowest BCUT2D eigenvalue weighted by molar-refractivity contribution is -0.149. The lowest BCUT2D eigenvalue weighted by atomic mass is 9.97. The molecule has 2 aromatic heterocycles. The highest BCUT2D eigenvalue weighted by molar-refractivity contribution is 6.31. The number of aromatic nitrogens is 2. The molecular formula is C43H37N3O6. The highest BCUT2D eigenvalue weighted by atomic mass is 16.5. The second-order valence-corrected chi connectivity index (χ2v) is 14.2. The maximum absolute atomic E-state index is 14.7.